The fourth-order valence-corrected chi connectivity index (χ4v) is 2.26. The SMILES string of the molecule is COc1ccc(C(=O)OCC(=O)NC[C@H]2CCCO2)cc1[N+](=O)[O-]. The number of nitro benzene ring substituents is 1. The quantitative estimate of drug-likeness (QED) is 0.448. The van der Waals surface area contributed by atoms with Crippen LogP contribution in [0.25, 0.3) is 0 Å². The van der Waals surface area contributed by atoms with Crippen molar-refractivity contribution in [3.8, 4) is 5.75 Å². The van der Waals surface area contributed by atoms with Crippen molar-refractivity contribution in [2.75, 3.05) is 26.9 Å². The Bertz CT molecular complexity index is 626. The maximum Gasteiger partial charge on any atom is 0.338 e. The molecule has 1 aliphatic heterocycles. The number of benzene rings is 1. The number of nitrogens with one attached hydrogen (secondary N) is 1. The first kappa shape index (κ1) is 17.7. The van der Waals surface area contributed by atoms with E-state index in [4.69, 9.17) is 14.2 Å². The van der Waals surface area contributed by atoms with Gasteiger partial charge >= 0.3 is 11.7 Å². The second-order valence-corrected chi connectivity index (χ2v) is 5.16. The largest absolute Gasteiger partial charge is 0.490 e. The molecule has 1 heterocycles. The maximum atomic E-state index is 11.9. The topological polar surface area (TPSA) is 117 Å². The van der Waals surface area contributed by atoms with E-state index in [1.807, 2.05) is 0 Å². The van der Waals surface area contributed by atoms with Crippen molar-refractivity contribution in [3.05, 3.63) is 33.9 Å². The van der Waals surface area contributed by atoms with Gasteiger partial charge in [0.15, 0.2) is 12.4 Å². The van der Waals surface area contributed by atoms with Crippen LogP contribution in [0, 0.1) is 10.1 Å². The Hall–Kier alpha value is -2.68. The number of methoxy groups -OCH3 is 1. The molecule has 24 heavy (non-hydrogen) atoms. The van der Waals surface area contributed by atoms with Crippen molar-refractivity contribution in [2.24, 2.45) is 0 Å². The zero-order valence-corrected chi connectivity index (χ0v) is 13.1. The summed E-state index contributed by atoms with van der Waals surface area (Å²) in [7, 11) is 1.29. The molecular formula is C15H18N2O7. The normalized spacial score (nSPS) is 16.5. The summed E-state index contributed by atoms with van der Waals surface area (Å²) in [6.45, 7) is 0.585. The molecule has 0 spiro atoms. The van der Waals surface area contributed by atoms with E-state index < -0.39 is 23.4 Å². The molecule has 2 rings (SSSR count). The van der Waals surface area contributed by atoms with E-state index in [9.17, 15) is 19.7 Å². The third-order valence-corrected chi connectivity index (χ3v) is 3.50. The summed E-state index contributed by atoms with van der Waals surface area (Å²) in [5.41, 5.74) is -0.385. The van der Waals surface area contributed by atoms with Gasteiger partial charge in [-0.15, -0.1) is 0 Å². The minimum Gasteiger partial charge on any atom is -0.490 e. The van der Waals surface area contributed by atoms with Gasteiger partial charge in [0.25, 0.3) is 5.91 Å². The van der Waals surface area contributed by atoms with Crippen LogP contribution in [0.1, 0.15) is 23.2 Å². The van der Waals surface area contributed by atoms with Crippen LogP contribution in [0.15, 0.2) is 18.2 Å². The minimum atomic E-state index is -0.826. The summed E-state index contributed by atoms with van der Waals surface area (Å²) in [6.07, 6.45) is 1.84. The predicted octanol–water partition coefficient (Wildman–Crippen LogP) is 1.06. The molecule has 0 aliphatic carbocycles. The standard InChI is InChI=1S/C15H18N2O7/c1-22-13-5-4-10(7-12(13)17(20)21)15(19)24-9-14(18)16-8-11-3-2-6-23-11/h4-5,7,11H,2-3,6,8-9H2,1H3,(H,16,18)/t11-/m1/s1. The fourth-order valence-electron chi connectivity index (χ4n) is 2.26. The number of nitrogens with zero attached hydrogens (tertiary/aromatic N) is 1. The third-order valence-electron chi connectivity index (χ3n) is 3.50. The Kier molecular flexibility index (Phi) is 6.07. The predicted molar refractivity (Wildman–Crippen MR) is 81.9 cm³/mol. The molecule has 1 aromatic carbocycles. The summed E-state index contributed by atoms with van der Waals surface area (Å²) in [6, 6.07) is 3.68. The molecule has 130 valence electrons. The first-order valence-corrected chi connectivity index (χ1v) is 7.39. The Morgan fingerprint density at radius 1 is 1.46 bits per heavy atom. The smallest absolute Gasteiger partial charge is 0.338 e. The van der Waals surface area contributed by atoms with Crippen LogP contribution in [0.5, 0.6) is 5.75 Å². The van der Waals surface area contributed by atoms with Crippen LogP contribution >= 0.6 is 0 Å². The summed E-state index contributed by atoms with van der Waals surface area (Å²) in [5, 5.41) is 13.5. The lowest BCUT2D eigenvalue weighted by atomic mass is 10.2. The average molecular weight is 338 g/mol. The first-order chi connectivity index (χ1) is 11.5. The number of rotatable bonds is 7. The number of carbonyl (C=O) groups excluding carboxylic acids is 2. The molecule has 0 saturated carbocycles. The molecule has 1 N–H and O–H groups in total. The van der Waals surface area contributed by atoms with E-state index in [1.165, 1.54) is 19.2 Å². The molecule has 1 amide bonds. The zero-order chi connectivity index (χ0) is 17.5. The molecule has 1 atom stereocenters. The lowest BCUT2D eigenvalue weighted by Crippen LogP contribution is -2.34. The summed E-state index contributed by atoms with van der Waals surface area (Å²) in [4.78, 5) is 33.8. The maximum absolute atomic E-state index is 11.9. The van der Waals surface area contributed by atoms with Crippen molar-refractivity contribution in [3.63, 3.8) is 0 Å². The summed E-state index contributed by atoms with van der Waals surface area (Å²) in [5.74, 6) is -1.25. The average Bonchev–Trinajstić information content (AvgIpc) is 3.10. The molecule has 1 aromatic rings. The highest BCUT2D eigenvalue weighted by molar-refractivity contribution is 5.92. The highest BCUT2D eigenvalue weighted by Crippen LogP contribution is 2.27. The van der Waals surface area contributed by atoms with Gasteiger partial charge < -0.3 is 19.5 Å². The van der Waals surface area contributed by atoms with E-state index >= 15 is 0 Å². The van der Waals surface area contributed by atoms with E-state index in [-0.39, 0.29) is 23.1 Å². The summed E-state index contributed by atoms with van der Waals surface area (Å²) < 4.78 is 15.1. The van der Waals surface area contributed by atoms with Gasteiger partial charge in [0.1, 0.15) is 0 Å². The number of hydrogen-bond donors (Lipinski definition) is 1. The number of hydrogen-bond acceptors (Lipinski definition) is 7. The zero-order valence-electron chi connectivity index (χ0n) is 13.1. The third kappa shape index (κ3) is 4.66. The Morgan fingerprint density at radius 2 is 2.25 bits per heavy atom. The molecule has 9 heteroatoms. The second-order valence-electron chi connectivity index (χ2n) is 5.16. The van der Waals surface area contributed by atoms with Gasteiger partial charge in [0, 0.05) is 19.2 Å². The van der Waals surface area contributed by atoms with Gasteiger partial charge in [-0.05, 0) is 25.0 Å². The van der Waals surface area contributed by atoms with E-state index in [2.05, 4.69) is 5.32 Å². The Morgan fingerprint density at radius 3 is 2.88 bits per heavy atom. The van der Waals surface area contributed by atoms with E-state index in [1.54, 1.807) is 0 Å². The fraction of sp³-hybridized carbons (Fsp3) is 0.467. The molecule has 1 fully saturated rings. The monoisotopic (exact) mass is 338 g/mol. The van der Waals surface area contributed by atoms with Gasteiger partial charge in [-0.25, -0.2) is 4.79 Å². The molecule has 1 saturated heterocycles. The van der Waals surface area contributed by atoms with Crippen molar-refractivity contribution >= 4 is 17.6 Å². The minimum absolute atomic E-state index is 0.00566. The van der Waals surface area contributed by atoms with Gasteiger partial charge in [0.05, 0.1) is 23.7 Å². The number of esters is 1. The number of nitro groups is 1. The molecule has 9 nitrogen and oxygen atoms in total. The van der Waals surface area contributed by atoms with Crippen LogP contribution in [0.3, 0.4) is 0 Å². The van der Waals surface area contributed by atoms with Gasteiger partial charge in [-0.2, -0.15) is 0 Å². The lowest BCUT2D eigenvalue weighted by Gasteiger charge is -2.11. The number of carbonyl (C=O) groups is 2. The molecule has 0 radical (unpaired) electrons. The van der Waals surface area contributed by atoms with Crippen molar-refractivity contribution in [1.29, 1.82) is 0 Å². The van der Waals surface area contributed by atoms with E-state index in [0.717, 1.165) is 18.9 Å². The van der Waals surface area contributed by atoms with Crippen LogP contribution in [0.4, 0.5) is 5.69 Å². The molecule has 0 aromatic heterocycles. The van der Waals surface area contributed by atoms with Gasteiger partial charge in [0.2, 0.25) is 0 Å². The molecular weight excluding hydrogens is 320 g/mol. The van der Waals surface area contributed by atoms with Crippen LogP contribution < -0.4 is 10.1 Å². The van der Waals surface area contributed by atoms with E-state index in [0.29, 0.717) is 13.2 Å². The van der Waals surface area contributed by atoms with Gasteiger partial charge in [-0.3, -0.25) is 14.9 Å². The second kappa shape index (κ2) is 8.25. The van der Waals surface area contributed by atoms with Crippen LogP contribution in [-0.2, 0) is 14.3 Å². The highest BCUT2D eigenvalue weighted by atomic mass is 16.6. The summed E-state index contributed by atoms with van der Waals surface area (Å²) >= 11 is 0. The lowest BCUT2D eigenvalue weighted by molar-refractivity contribution is -0.385. The molecule has 0 unspecified atom stereocenters. The highest BCUT2D eigenvalue weighted by Gasteiger charge is 2.20. The molecule has 1 aliphatic rings. The Balaban J connectivity index is 1.86. The van der Waals surface area contributed by atoms with Crippen molar-refractivity contribution in [1.82, 2.24) is 5.32 Å². The van der Waals surface area contributed by atoms with Crippen LogP contribution in [-0.4, -0.2) is 49.8 Å². The van der Waals surface area contributed by atoms with Gasteiger partial charge in [-0.1, -0.05) is 0 Å². The van der Waals surface area contributed by atoms with Crippen molar-refractivity contribution < 1.29 is 28.7 Å². The first-order valence-electron chi connectivity index (χ1n) is 7.39. The number of ether oxygens (including phenoxy) is 3. The van der Waals surface area contributed by atoms with Crippen LogP contribution in [0.2, 0.25) is 0 Å². The number of amides is 1. The van der Waals surface area contributed by atoms with Crippen molar-refractivity contribution in [2.45, 2.75) is 18.9 Å². The molecule has 0 bridgehead atoms. The Labute approximate surface area is 138 Å².